The summed E-state index contributed by atoms with van der Waals surface area (Å²) in [5.41, 5.74) is 1.36. The van der Waals surface area contributed by atoms with Crippen molar-refractivity contribution in [1.29, 1.82) is 0 Å². The van der Waals surface area contributed by atoms with E-state index in [0.29, 0.717) is 12.0 Å². The molecule has 0 saturated heterocycles. The molecule has 82 valence electrons. The second-order valence-electron chi connectivity index (χ2n) is 4.76. The van der Waals surface area contributed by atoms with Crippen LogP contribution >= 0.6 is 0 Å². The number of benzene rings is 1. The minimum absolute atomic E-state index is 0.112. The van der Waals surface area contributed by atoms with Gasteiger partial charge >= 0.3 is 0 Å². The molecule has 1 aromatic rings. The van der Waals surface area contributed by atoms with E-state index in [1.807, 2.05) is 27.7 Å². The number of rotatable bonds is 2. The quantitative estimate of drug-likeness (QED) is 0.754. The molecule has 0 spiro atoms. The van der Waals surface area contributed by atoms with Gasteiger partial charge in [0.15, 0.2) is 5.78 Å². The lowest BCUT2D eigenvalue weighted by Gasteiger charge is -2.20. The number of ketones is 1. The third-order valence-corrected chi connectivity index (χ3v) is 2.45. The van der Waals surface area contributed by atoms with Gasteiger partial charge in [0, 0.05) is 12.0 Å². The van der Waals surface area contributed by atoms with Crippen molar-refractivity contribution in [3.05, 3.63) is 29.3 Å². The number of aromatic hydroxyl groups is 1. The Morgan fingerprint density at radius 2 is 1.93 bits per heavy atom. The minimum Gasteiger partial charge on any atom is -0.508 e. The van der Waals surface area contributed by atoms with Crippen LogP contribution in [0.5, 0.6) is 5.75 Å². The molecular formula is C13H18O2. The molecule has 0 atom stereocenters. The fourth-order valence-electron chi connectivity index (χ4n) is 1.51. The maximum atomic E-state index is 11.5. The van der Waals surface area contributed by atoms with Crippen LogP contribution in [0.3, 0.4) is 0 Å². The molecule has 0 saturated carbocycles. The first-order chi connectivity index (χ1) is 6.86. The molecule has 0 aromatic heterocycles. The smallest absolute Gasteiger partial charge is 0.162 e. The lowest BCUT2D eigenvalue weighted by atomic mass is 9.85. The molecule has 15 heavy (non-hydrogen) atoms. The van der Waals surface area contributed by atoms with Crippen LogP contribution in [0.2, 0.25) is 0 Å². The summed E-state index contributed by atoms with van der Waals surface area (Å²) in [6, 6.07) is 5.07. The van der Waals surface area contributed by atoms with Crippen LogP contribution in [-0.4, -0.2) is 10.9 Å². The molecule has 1 N–H and O–H groups in total. The predicted molar refractivity (Wildman–Crippen MR) is 61.4 cm³/mol. The lowest BCUT2D eigenvalue weighted by Crippen LogP contribution is -2.12. The number of Topliss-reactive ketones (excluding diaryl/α,β-unsaturated/α-hetero) is 1. The average molecular weight is 206 g/mol. The van der Waals surface area contributed by atoms with E-state index in [1.165, 1.54) is 0 Å². The summed E-state index contributed by atoms with van der Waals surface area (Å²) in [6.45, 7) is 7.89. The first-order valence-corrected chi connectivity index (χ1v) is 5.23. The van der Waals surface area contributed by atoms with E-state index in [9.17, 15) is 9.90 Å². The van der Waals surface area contributed by atoms with Gasteiger partial charge in [0.05, 0.1) is 0 Å². The number of phenols is 1. The van der Waals surface area contributed by atoms with Crippen molar-refractivity contribution in [2.75, 3.05) is 0 Å². The van der Waals surface area contributed by atoms with Crippen molar-refractivity contribution in [2.45, 2.75) is 39.5 Å². The van der Waals surface area contributed by atoms with Gasteiger partial charge in [0.25, 0.3) is 0 Å². The molecule has 0 fully saturated rings. The highest BCUT2D eigenvalue weighted by Crippen LogP contribution is 2.31. The predicted octanol–water partition coefficient (Wildman–Crippen LogP) is 3.28. The highest BCUT2D eigenvalue weighted by Gasteiger charge is 2.19. The van der Waals surface area contributed by atoms with Gasteiger partial charge in [-0.05, 0) is 29.2 Å². The standard InChI is InChI=1S/C13H18O2/c1-5-11(14)9-6-7-12(15)10(8-9)13(2,3)4/h6-8,15H,5H2,1-4H3. The Labute approximate surface area is 90.9 Å². The molecule has 0 amide bonds. The topological polar surface area (TPSA) is 37.3 Å². The summed E-state index contributed by atoms with van der Waals surface area (Å²) < 4.78 is 0. The third kappa shape index (κ3) is 2.58. The van der Waals surface area contributed by atoms with E-state index in [-0.39, 0.29) is 16.9 Å². The Kier molecular flexibility index (Phi) is 3.18. The molecule has 0 aliphatic heterocycles. The van der Waals surface area contributed by atoms with E-state index < -0.39 is 0 Å². The number of carbonyl (C=O) groups excluding carboxylic acids is 1. The molecular weight excluding hydrogens is 188 g/mol. The molecule has 1 rings (SSSR count). The van der Waals surface area contributed by atoms with E-state index in [4.69, 9.17) is 0 Å². The Morgan fingerprint density at radius 3 is 2.40 bits per heavy atom. The summed E-state index contributed by atoms with van der Waals surface area (Å²) in [7, 11) is 0. The summed E-state index contributed by atoms with van der Waals surface area (Å²) in [5, 5.41) is 9.71. The van der Waals surface area contributed by atoms with Crippen LogP contribution in [0.4, 0.5) is 0 Å². The van der Waals surface area contributed by atoms with Crippen molar-refractivity contribution in [3.63, 3.8) is 0 Å². The number of phenolic OH excluding ortho intramolecular Hbond substituents is 1. The van der Waals surface area contributed by atoms with Gasteiger partial charge in [0.1, 0.15) is 5.75 Å². The zero-order valence-electron chi connectivity index (χ0n) is 9.79. The van der Waals surface area contributed by atoms with Crippen LogP contribution in [-0.2, 0) is 5.41 Å². The van der Waals surface area contributed by atoms with Crippen LogP contribution in [0.15, 0.2) is 18.2 Å². The summed E-state index contributed by atoms with van der Waals surface area (Å²) in [5.74, 6) is 0.371. The Bertz CT molecular complexity index is 373. The van der Waals surface area contributed by atoms with Crippen LogP contribution in [0.25, 0.3) is 0 Å². The van der Waals surface area contributed by atoms with Crippen molar-refractivity contribution in [3.8, 4) is 5.75 Å². The van der Waals surface area contributed by atoms with Crippen molar-refractivity contribution in [2.24, 2.45) is 0 Å². The first-order valence-electron chi connectivity index (χ1n) is 5.23. The second kappa shape index (κ2) is 4.05. The SMILES string of the molecule is CCC(=O)c1ccc(O)c(C(C)(C)C)c1. The summed E-state index contributed by atoms with van der Waals surface area (Å²) >= 11 is 0. The van der Waals surface area contributed by atoms with Gasteiger partial charge in [-0.1, -0.05) is 27.7 Å². The van der Waals surface area contributed by atoms with Crippen LogP contribution in [0.1, 0.15) is 50.0 Å². The Balaban J connectivity index is 3.23. The largest absolute Gasteiger partial charge is 0.508 e. The van der Waals surface area contributed by atoms with Crippen molar-refractivity contribution >= 4 is 5.78 Å². The maximum Gasteiger partial charge on any atom is 0.162 e. The van der Waals surface area contributed by atoms with E-state index >= 15 is 0 Å². The fourth-order valence-corrected chi connectivity index (χ4v) is 1.51. The molecule has 2 heteroatoms. The summed E-state index contributed by atoms with van der Waals surface area (Å²) in [6.07, 6.45) is 0.494. The third-order valence-electron chi connectivity index (χ3n) is 2.45. The molecule has 0 bridgehead atoms. The van der Waals surface area contributed by atoms with Crippen molar-refractivity contribution < 1.29 is 9.90 Å². The molecule has 0 aliphatic carbocycles. The van der Waals surface area contributed by atoms with Crippen LogP contribution in [0, 0.1) is 0 Å². The highest BCUT2D eigenvalue weighted by molar-refractivity contribution is 5.96. The monoisotopic (exact) mass is 206 g/mol. The normalized spacial score (nSPS) is 11.5. The summed E-state index contributed by atoms with van der Waals surface area (Å²) in [4.78, 5) is 11.5. The molecule has 0 radical (unpaired) electrons. The fraction of sp³-hybridized carbons (Fsp3) is 0.462. The van der Waals surface area contributed by atoms with E-state index in [0.717, 1.165) is 5.56 Å². The van der Waals surface area contributed by atoms with Gasteiger partial charge in [-0.25, -0.2) is 0 Å². The number of hydrogen-bond acceptors (Lipinski definition) is 2. The van der Waals surface area contributed by atoms with Gasteiger partial charge < -0.3 is 5.11 Å². The molecule has 0 heterocycles. The van der Waals surface area contributed by atoms with Gasteiger partial charge in [-0.15, -0.1) is 0 Å². The number of hydrogen-bond donors (Lipinski definition) is 1. The average Bonchev–Trinajstić information content (AvgIpc) is 2.15. The zero-order chi connectivity index (χ0) is 11.6. The molecule has 1 aromatic carbocycles. The lowest BCUT2D eigenvalue weighted by molar-refractivity contribution is 0.0988. The number of carbonyl (C=O) groups is 1. The maximum absolute atomic E-state index is 11.5. The van der Waals surface area contributed by atoms with E-state index in [1.54, 1.807) is 18.2 Å². The Morgan fingerprint density at radius 1 is 1.33 bits per heavy atom. The van der Waals surface area contributed by atoms with Gasteiger partial charge in [-0.2, -0.15) is 0 Å². The minimum atomic E-state index is -0.145. The van der Waals surface area contributed by atoms with Gasteiger partial charge in [-0.3, -0.25) is 4.79 Å². The van der Waals surface area contributed by atoms with Crippen molar-refractivity contribution in [1.82, 2.24) is 0 Å². The molecule has 0 unspecified atom stereocenters. The first kappa shape index (κ1) is 11.8. The second-order valence-corrected chi connectivity index (χ2v) is 4.76. The highest BCUT2D eigenvalue weighted by atomic mass is 16.3. The van der Waals surface area contributed by atoms with Crippen LogP contribution < -0.4 is 0 Å². The molecule has 2 nitrogen and oxygen atoms in total. The molecule has 0 aliphatic rings. The van der Waals surface area contributed by atoms with E-state index in [2.05, 4.69) is 0 Å². The van der Waals surface area contributed by atoms with Gasteiger partial charge in [0.2, 0.25) is 0 Å². The Hall–Kier alpha value is -1.31. The zero-order valence-corrected chi connectivity index (χ0v) is 9.79.